The van der Waals surface area contributed by atoms with Gasteiger partial charge in [-0.2, -0.15) is 0 Å². The van der Waals surface area contributed by atoms with Crippen LogP contribution >= 0.6 is 0 Å². The summed E-state index contributed by atoms with van der Waals surface area (Å²) in [5.74, 6) is 0.343. The monoisotopic (exact) mass is 253 g/mol. The van der Waals surface area contributed by atoms with Gasteiger partial charge in [-0.1, -0.05) is 19.3 Å². The molecule has 0 radical (unpaired) electrons. The zero-order valence-corrected chi connectivity index (χ0v) is 11.6. The van der Waals surface area contributed by atoms with Crippen LogP contribution in [0.25, 0.3) is 0 Å². The van der Waals surface area contributed by atoms with Crippen LogP contribution in [0.4, 0.5) is 0 Å². The normalized spacial score (nSPS) is 24.6. The van der Waals surface area contributed by atoms with E-state index in [-0.39, 0.29) is 5.54 Å². The van der Waals surface area contributed by atoms with Gasteiger partial charge in [0.1, 0.15) is 0 Å². The van der Waals surface area contributed by atoms with Gasteiger partial charge in [-0.3, -0.25) is 4.79 Å². The van der Waals surface area contributed by atoms with E-state index in [0.29, 0.717) is 12.3 Å². The molecule has 104 valence electrons. The lowest BCUT2D eigenvalue weighted by Gasteiger charge is -2.38. The molecule has 1 saturated heterocycles. The highest BCUT2D eigenvalue weighted by Gasteiger charge is 2.34. The Labute approximate surface area is 110 Å². The van der Waals surface area contributed by atoms with E-state index >= 15 is 0 Å². The maximum atomic E-state index is 12.4. The first-order chi connectivity index (χ1) is 8.76. The van der Waals surface area contributed by atoms with Crippen LogP contribution in [0.3, 0.4) is 0 Å². The second-order valence-electron chi connectivity index (χ2n) is 5.75. The lowest BCUT2D eigenvalue weighted by atomic mass is 9.79. The third kappa shape index (κ3) is 3.45. The predicted molar refractivity (Wildman–Crippen MR) is 73.6 cm³/mol. The summed E-state index contributed by atoms with van der Waals surface area (Å²) in [7, 11) is 2.02. The zero-order valence-electron chi connectivity index (χ0n) is 11.6. The highest BCUT2D eigenvalue weighted by molar-refractivity contribution is 5.77. The molecular weight excluding hydrogens is 226 g/mol. The highest BCUT2D eigenvalue weighted by Crippen LogP contribution is 2.31. The van der Waals surface area contributed by atoms with Crippen molar-refractivity contribution in [2.24, 2.45) is 0 Å². The number of hydrogen-bond acceptors (Lipinski definition) is 3. The quantitative estimate of drug-likeness (QED) is 0.792. The topological polar surface area (TPSA) is 44.4 Å². The summed E-state index contributed by atoms with van der Waals surface area (Å²) in [6.07, 6.45) is 7.92. The smallest absolute Gasteiger partial charge is 0.224 e. The van der Waals surface area contributed by atoms with E-state index in [1.165, 1.54) is 19.3 Å². The molecule has 18 heavy (non-hydrogen) atoms. The minimum absolute atomic E-state index is 0.0784. The highest BCUT2D eigenvalue weighted by atomic mass is 16.2. The van der Waals surface area contributed by atoms with Crippen LogP contribution in [-0.2, 0) is 4.79 Å². The molecule has 0 aromatic heterocycles. The Morgan fingerprint density at radius 3 is 2.67 bits per heavy atom. The summed E-state index contributed by atoms with van der Waals surface area (Å²) in [5.41, 5.74) is 0.0784. The first kappa shape index (κ1) is 13.8. The van der Waals surface area contributed by atoms with Gasteiger partial charge in [0.05, 0.1) is 0 Å². The molecule has 0 unspecified atom stereocenters. The summed E-state index contributed by atoms with van der Waals surface area (Å²) in [5, 5.41) is 6.79. The molecular formula is C14H27N3O. The molecule has 1 aliphatic heterocycles. The molecule has 1 amide bonds. The minimum Gasteiger partial charge on any atom is -0.341 e. The van der Waals surface area contributed by atoms with Gasteiger partial charge >= 0.3 is 0 Å². The molecule has 0 bridgehead atoms. The molecule has 0 atom stereocenters. The third-order valence-electron chi connectivity index (χ3n) is 4.52. The number of nitrogens with zero attached hydrogens (tertiary/aromatic N) is 1. The van der Waals surface area contributed by atoms with Crippen LogP contribution in [-0.4, -0.2) is 49.6 Å². The SMILES string of the molecule is CNC1(CC(=O)N2CCCNCC2)CCCCC1. The number of rotatable bonds is 3. The van der Waals surface area contributed by atoms with Crippen molar-refractivity contribution in [2.75, 3.05) is 33.2 Å². The van der Waals surface area contributed by atoms with Gasteiger partial charge in [0.25, 0.3) is 0 Å². The van der Waals surface area contributed by atoms with E-state index < -0.39 is 0 Å². The van der Waals surface area contributed by atoms with E-state index in [4.69, 9.17) is 0 Å². The fraction of sp³-hybridized carbons (Fsp3) is 0.929. The van der Waals surface area contributed by atoms with E-state index in [9.17, 15) is 4.79 Å². The van der Waals surface area contributed by atoms with E-state index in [1.54, 1.807) is 0 Å². The first-order valence-corrected chi connectivity index (χ1v) is 7.43. The van der Waals surface area contributed by atoms with Gasteiger partial charge in [0.15, 0.2) is 0 Å². The molecule has 1 heterocycles. The number of carbonyl (C=O) groups is 1. The molecule has 4 heteroatoms. The van der Waals surface area contributed by atoms with Gasteiger partial charge in [0.2, 0.25) is 5.91 Å². The molecule has 2 rings (SSSR count). The lowest BCUT2D eigenvalue weighted by Crippen LogP contribution is -2.49. The van der Waals surface area contributed by atoms with E-state index in [1.807, 2.05) is 11.9 Å². The van der Waals surface area contributed by atoms with Crippen molar-refractivity contribution in [3.8, 4) is 0 Å². The number of carbonyl (C=O) groups excluding carboxylic acids is 1. The van der Waals surface area contributed by atoms with Crippen molar-refractivity contribution >= 4 is 5.91 Å². The zero-order chi connectivity index (χ0) is 12.8. The van der Waals surface area contributed by atoms with Crippen LogP contribution in [0.5, 0.6) is 0 Å². The maximum absolute atomic E-state index is 12.4. The van der Waals surface area contributed by atoms with Gasteiger partial charge in [-0.05, 0) is 32.9 Å². The van der Waals surface area contributed by atoms with Gasteiger partial charge in [-0.15, -0.1) is 0 Å². The van der Waals surface area contributed by atoms with Crippen molar-refractivity contribution < 1.29 is 4.79 Å². The molecule has 1 aliphatic carbocycles. The van der Waals surface area contributed by atoms with E-state index in [2.05, 4.69) is 10.6 Å². The van der Waals surface area contributed by atoms with Crippen molar-refractivity contribution in [3.05, 3.63) is 0 Å². The molecule has 0 spiro atoms. The van der Waals surface area contributed by atoms with E-state index in [0.717, 1.165) is 45.4 Å². The standard InChI is InChI=1S/C14H27N3O/c1-15-14(6-3-2-4-7-14)12-13(18)17-10-5-8-16-9-11-17/h15-16H,2-12H2,1H3. The summed E-state index contributed by atoms with van der Waals surface area (Å²) < 4.78 is 0. The van der Waals surface area contributed by atoms with Gasteiger partial charge < -0.3 is 15.5 Å². The van der Waals surface area contributed by atoms with Crippen LogP contribution in [0.2, 0.25) is 0 Å². The molecule has 2 fully saturated rings. The summed E-state index contributed by atoms with van der Waals surface area (Å²) >= 11 is 0. The Morgan fingerprint density at radius 2 is 1.94 bits per heavy atom. The number of hydrogen-bond donors (Lipinski definition) is 2. The second kappa shape index (κ2) is 6.53. The summed E-state index contributed by atoms with van der Waals surface area (Å²) in [4.78, 5) is 14.5. The number of nitrogens with one attached hydrogen (secondary N) is 2. The number of amides is 1. The predicted octanol–water partition coefficient (Wildman–Crippen LogP) is 1.12. The van der Waals surface area contributed by atoms with Crippen molar-refractivity contribution in [2.45, 2.75) is 50.5 Å². The van der Waals surface area contributed by atoms with Crippen molar-refractivity contribution in [1.82, 2.24) is 15.5 Å². The Kier molecular flexibility index (Phi) is 5.01. The summed E-state index contributed by atoms with van der Waals surface area (Å²) in [6.45, 7) is 3.78. The first-order valence-electron chi connectivity index (χ1n) is 7.43. The average Bonchev–Trinajstić information content (AvgIpc) is 2.68. The molecule has 2 aliphatic rings. The van der Waals surface area contributed by atoms with Crippen molar-refractivity contribution in [3.63, 3.8) is 0 Å². The summed E-state index contributed by atoms with van der Waals surface area (Å²) in [6, 6.07) is 0. The molecule has 2 N–H and O–H groups in total. The molecule has 4 nitrogen and oxygen atoms in total. The Bertz CT molecular complexity index is 266. The molecule has 1 saturated carbocycles. The van der Waals surface area contributed by atoms with Crippen molar-refractivity contribution in [1.29, 1.82) is 0 Å². The fourth-order valence-corrected chi connectivity index (χ4v) is 3.24. The Balaban J connectivity index is 1.91. The Hall–Kier alpha value is -0.610. The van der Waals surface area contributed by atoms with Crippen LogP contribution in [0, 0.1) is 0 Å². The average molecular weight is 253 g/mol. The minimum atomic E-state index is 0.0784. The van der Waals surface area contributed by atoms with Gasteiger partial charge in [0, 0.05) is 31.6 Å². The Morgan fingerprint density at radius 1 is 1.17 bits per heavy atom. The third-order valence-corrected chi connectivity index (χ3v) is 4.52. The maximum Gasteiger partial charge on any atom is 0.224 e. The largest absolute Gasteiger partial charge is 0.341 e. The second-order valence-corrected chi connectivity index (χ2v) is 5.75. The molecule has 0 aromatic carbocycles. The van der Waals surface area contributed by atoms with Crippen LogP contribution in [0.1, 0.15) is 44.9 Å². The van der Waals surface area contributed by atoms with Gasteiger partial charge in [-0.25, -0.2) is 0 Å². The fourth-order valence-electron chi connectivity index (χ4n) is 3.24. The lowest BCUT2D eigenvalue weighted by molar-refractivity contribution is -0.133. The molecule has 0 aromatic rings. The van der Waals surface area contributed by atoms with Crippen LogP contribution in [0.15, 0.2) is 0 Å². The van der Waals surface area contributed by atoms with Crippen LogP contribution < -0.4 is 10.6 Å².